The maximum Gasteiger partial charge on any atom is 0.327 e. The molecule has 0 aliphatic heterocycles. The first kappa shape index (κ1) is 15.2. The van der Waals surface area contributed by atoms with E-state index in [2.05, 4.69) is 5.32 Å². The van der Waals surface area contributed by atoms with Gasteiger partial charge in [-0.3, -0.25) is 14.9 Å². The van der Waals surface area contributed by atoms with Crippen molar-refractivity contribution in [2.24, 2.45) is 5.92 Å². The molecular formula is C14H18N2O5. The summed E-state index contributed by atoms with van der Waals surface area (Å²) in [6.07, 6.45) is 1.71. The van der Waals surface area contributed by atoms with Crippen LogP contribution in [0.1, 0.15) is 18.4 Å². The van der Waals surface area contributed by atoms with Gasteiger partial charge in [-0.25, -0.2) is 0 Å². The molecule has 0 amide bonds. The van der Waals surface area contributed by atoms with E-state index in [0.29, 0.717) is 11.3 Å². The van der Waals surface area contributed by atoms with Gasteiger partial charge in [-0.05, 0) is 44.4 Å². The van der Waals surface area contributed by atoms with Crippen molar-refractivity contribution in [1.82, 2.24) is 5.32 Å². The fourth-order valence-corrected chi connectivity index (χ4v) is 2.41. The number of ether oxygens (including phenoxy) is 1. The Bertz CT molecular complexity index is 570. The average molecular weight is 294 g/mol. The molecule has 114 valence electrons. The summed E-state index contributed by atoms with van der Waals surface area (Å²) in [7, 11) is 1.61. The van der Waals surface area contributed by atoms with Crippen LogP contribution in [0.5, 0.6) is 5.75 Å². The summed E-state index contributed by atoms with van der Waals surface area (Å²) in [5, 5.41) is 23.0. The van der Waals surface area contributed by atoms with E-state index < -0.39 is 16.4 Å². The van der Waals surface area contributed by atoms with Gasteiger partial charge in [-0.1, -0.05) is 0 Å². The lowest BCUT2D eigenvalue weighted by molar-refractivity contribution is -0.384. The predicted molar refractivity (Wildman–Crippen MR) is 75.5 cm³/mol. The number of carbonyl (C=O) groups is 1. The third kappa shape index (κ3) is 2.97. The number of hydrogen-bond donors (Lipinski definition) is 2. The van der Waals surface area contributed by atoms with Crippen LogP contribution in [-0.4, -0.2) is 35.2 Å². The highest BCUT2D eigenvalue weighted by Gasteiger charge is 2.51. The lowest BCUT2D eigenvalue weighted by Gasteiger charge is -2.29. The molecule has 1 aliphatic carbocycles. The maximum absolute atomic E-state index is 11.6. The monoisotopic (exact) mass is 294 g/mol. The van der Waals surface area contributed by atoms with E-state index in [9.17, 15) is 20.0 Å². The first-order valence-corrected chi connectivity index (χ1v) is 6.71. The third-order valence-corrected chi connectivity index (χ3v) is 3.93. The Morgan fingerprint density at radius 3 is 2.67 bits per heavy atom. The largest absolute Gasteiger partial charge is 0.491 e. The summed E-state index contributed by atoms with van der Waals surface area (Å²) in [5.74, 6) is -0.424. The Morgan fingerprint density at radius 1 is 1.57 bits per heavy atom. The zero-order chi connectivity index (χ0) is 15.6. The molecular weight excluding hydrogens is 276 g/mol. The molecule has 0 aromatic heterocycles. The quantitative estimate of drug-likeness (QED) is 0.586. The molecule has 7 heteroatoms. The lowest BCUT2D eigenvalue weighted by atomic mass is 9.94. The van der Waals surface area contributed by atoms with Gasteiger partial charge in [-0.15, -0.1) is 0 Å². The number of non-ortho nitro benzene ring substituents is 1. The predicted octanol–water partition coefficient (Wildman–Crippen LogP) is 1.73. The molecule has 0 saturated heterocycles. The van der Waals surface area contributed by atoms with Crippen molar-refractivity contribution in [3.8, 4) is 5.75 Å². The van der Waals surface area contributed by atoms with Gasteiger partial charge in [-0.2, -0.15) is 0 Å². The van der Waals surface area contributed by atoms with Gasteiger partial charge in [0, 0.05) is 12.1 Å². The zero-order valence-corrected chi connectivity index (χ0v) is 12.0. The fraction of sp³-hybridized carbons (Fsp3) is 0.500. The number of aryl methyl sites for hydroxylation is 1. The van der Waals surface area contributed by atoms with Gasteiger partial charge >= 0.3 is 5.97 Å². The van der Waals surface area contributed by atoms with Crippen LogP contribution in [0.4, 0.5) is 5.69 Å². The first-order valence-electron chi connectivity index (χ1n) is 6.71. The van der Waals surface area contributed by atoms with E-state index in [4.69, 9.17) is 4.74 Å². The highest BCUT2D eigenvalue weighted by molar-refractivity contribution is 5.80. The summed E-state index contributed by atoms with van der Waals surface area (Å²) in [5.41, 5.74) is -0.510. The van der Waals surface area contributed by atoms with E-state index in [1.54, 1.807) is 14.0 Å². The number of likely N-dealkylation sites (N-methyl/N-ethyl adjacent to an activating group) is 1. The van der Waals surface area contributed by atoms with Crippen molar-refractivity contribution in [3.63, 3.8) is 0 Å². The minimum Gasteiger partial charge on any atom is -0.491 e. The van der Waals surface area contributed by atoms with Crippen molar-refractivity contribution >= 4 is 11.7 Å². The fourth-order valence-electron chi connectivity index (χ4n) is 2.41. The molecule has 0 spiro atoms. The number of nitrogens with zero attached hydrogens (tertiary/aromatic N) is 1. The third-order valence-electron chi connectivity index (χ3n) is 3.93. The molecule has 1 saturated carbocycles. The summed E-state index contributed by atoms with van der Waals surface area (Å²) >= 11 is 0. The number of hydrogen-bond acceptors (Lipinski definition) is 5. The van der Waals surface area contributed by atoms with Gasteiger partial charge in [0.15, 0.2) is 5.54 Å². The Balaban J connectivity index is 2.14. The van der Waals surface area contributed by atoms with Crippen molar-refractivity contribution in [1.29, 1.82) is 0 Å². The second-order valence-electron chi connectivity index (χ2n) is 5.30. The maximum atomic E-state index is 11.6. The van der Waals surface area contributed by atoms with Gasteiger partial charge < -0.3 is 15.2 Å². The van der Waals surface area contributed by atoms with Crippen LogP contribution in [0.15, 0.2) is 18.2 Å². The normalized spacial score (nSPS) is 17.0. The molecule has 21 heavy (non-hydrogen) atoms. The number of carboxylic acids is 1. The van der Waals surface area contributed by atoms with E-state index >= 15 is 0 Å². The molecule has 2 N–H and O–H groups in total. The second-order valence-corrected chi connectivity index (χ2v) is 5.30. The second kappa shape index (κ2) is 5.69. The van der Waals surface area contributed by atoms with Gasteiger partial charge in [0.05, 0.1) is 4.92 Å². The standard InChI is InChI=1S/C14H18N2O5/c1-9-7-11(16(19)20)5-6-12(9)21-8-14(15-2,13(17)18)10-3-4-10/h5-7,10,15H,3-4,8H2,1-2H3,(H,17,18). The van der Waals surface area contributed by atoms with Crippen LogP contribution in [0.2, 0.25) is 0 Å². The molecule has 1 aromatic carbocycles. The van der Waals surface area contributed by atoms with Crippen LogP contribution >= 0.6 is 0 Å². The van der Waals surface area contributed by atoms with Crippen molar-refractivity contribution < 1.29 is 19.6 Å². The molecule has 7 nitrogen and oxygen atoms in total. The number of aliphatic carboxylic acids is 1. The molecule has 2 rings (SSSR count). The number of benzene rings is 1. The van der Waals surface area contributed by atoms with Gasteiger partial charge in [0.1, 0.15) is 12.4 Å². The smallest absolute Gasteiger partial charge is 0.327 e. The van der Waals surface area contributed by atoms with Crippen LogP contribution < -0.4 is 10.1 Å². The summed E-state index contributed by atoms with van der Waals surface area (Å²) < 4.78 is 5.62. The molecule has 0 radical (unpaired) electrons. The molecule has 0 bridgehead atoms. The number of rotatable bonds is 7. The Kier molecular flexibility index (Phi) is 4.13. The number of carboxylic acid groups (broad SMARTS) is 1. The molecule has 1 atom stereocenters. The highest BCUT2D eigenvalue weighted by atomic mass is 16.6. The molecule has 0 heterocycles. The lowest BCUT2D eigenvalue weighted by Crippen LogP contribution is -2.56. The zero-order valence-electron chi connectivity index (χ0n) is 12.0. The van der Waals surface area contributed by atoms with Gasteiger partial charge in [0.25, 0.3) is 5.69 Å². The Hall–Kier alpha value is -2.15. The molecule has 1 fully saturated rings. The average Bonchev–Trinajstić information content (AvgIpc) is 3.25. The first-order chi connectivity index (χ1) is 9.90. The highest BCUT2D eigenvalue weighted by Crippen LogP contribution is 2.40. The van der Waals surface area contributed by atoms with Crippen LogP contribution in [0.25, 0.3) is 0 Å². The van der Waals surface area contributed by atoms with Gasteiger partial charge in [0.2, 0.25) is 0 Å². The summed E-state index contributed by atoms with van der Waals surface area (Å²) in [6, 6.07) is 4.26. The molecule has 1 unspecified atom stereocenters. The Morgan fingerprint density at radius 2 is 2.24 bits per heavy atom. The van der Waals surface area contributed by atoms with Crippen molar-refractivity contribution in [2.45, 2.75) is 25.3 Å². The van der Waals surface area contributed by atoms with Crippen LogP contribution in [-0.2, 0) is 4.79 Å². The van der Waals surface area contributed by atoms with E-state index in [0.717, 1.165) is 12.8 Å². The van der Waals surface area contributed by atoms with E-state index in [-0.39, 0.29) is 18.2 Å². The molecule has 1 aliphatic rings. The summed E-state index contributed by atoms with van der Waals surface area (Å²) in [6.45, 7) is 1.68. The summed E-state index contributed by atoms with van der Waals surface area (Å²) in [4.78, 5) is 21.8. The van der Waals surface area contributed by atoms with Crippen LogP contribution in [0, 0.1) is 23.0 Å². The SMILES string of the molecule is CNC(COc1ccc([N+](=O)[O-])cc1C)(C(=O)O)C1CC1. The van der Waals surface area contributed by atoms with Crippen molar-refractivity contribution in [3.05, 3.63) is 33.9 Å². The Labute approximate surface area is 122 Å². The minimum absolute atomic E-state index is 0.0118. The number of nitrogens with one attached hydrogen (secondary N) is 1. The number of nitro benzene ring substituents is 1. The number of nitro groups is 1. The molecule has 1 aromatic rings. The van der Waals surface area contributed by atoms with Crippen LogP contribution in [0.3, 0.4) is 0 Å². The van der Waals surface area contributed by atoms with Crippen molar-refractivity contribution in [2.75, 3.05) is 13.7 Å². The minimum atomic E-state index is -1.10. The van der Waals surface area contributed by atoms with E-state index in [1.807, 2.05) is 0 Å². The topological polar surface area (TPSA) is 102 Å². The van der Waals surface area contributed by atoms with E-state index in [1.165, 1.54) is 18.2 Å².